The highest BCUT2D eigenvalue weighted by molar-refractivity contribution is 6.07. The zero-order valence-corrected chi connectivity index (χ0v) is 22.4. The van der Waals surface area contributed by atoms with E-state index in [0.717, 1.165) is 0 Å². The molecule has 0 N–H and O–H groups in total. The number of nitro groups is 4. The molecule has 0 atom stereocenters. The summed E-state index contributed by atoms with van der Waals surface area (Å²) in [6, 6.07) is 22.0. The summed E-state index contributed by atoms with van der Waals surface area (Å²) in [6.45, 7) is 0. The minimum absolute atomic E-state index is 0.0288. The second-order valence-corrected chi connectivity index (χ2v) is 8.70. The van der Waals surface area contributed by atoms with Crippen LogP contribution in [0, 0.1) is 40.5 Å². The maximum absolute atomic E-state index is 11.9. The van der Waals surface area contributed by atoms with Crippen molar-refractivity contribution in [3.8, 4) is 0 Å². The standard InChI is InChI=1S/2C15H10N2O5/c2*18-15(12-4-8-14(9-5-12)17(21)22)10-3-11-1-6-13(7-2-11)16(19)20/h2*1-10H/b2*10-3+. The molecule has 0 heterocycles. The first-order valence-electron chi connectivity index (χ1n) is 12.4. The summed E-state index contributed by atoms with van der Waals surface area (Å²) in [6.07, 6.45) is 5.66. The average Bonchev–Trinajstić information content (AvgIpc) is 3.03. The summed E-state index contributed by atoms with van der Waals surface area (Å²) in [7, 11) is 0. The molecule has 0 aliphatic carbocycles. The second kappa shape index (κ2) is 14.8. The molecule has 0 radical (unpaired) electrons. The normalized spacial score (nSPS) is 10.5. The lowest BCUT2D eigenvalue weighted by Gasteiger charge is -1.96. The fourth-order valence-electron chi connectivity index (χ4n) is 3.45. The molecule has 0 saturated heterocycles. The number of non-ortho nitro benzene ring substituents is 4. The molecule has 4 rings (SSSR count). The number of carbonyl (C=O) groups excluding carboxylic acids is 2. The Hall–Kier alpha value is -6.70. The monoisotopic (exact) mass is 596 g/mol. The molecule has 4 aromatic carbocycles. The molecule has 14 nitrogen and oxygen atoms in total. The van der Waals surface area contributed by atoms with Gasteiger partial charge in [-0.15, -0.1) is 0 Å². The maximum atomic E-state index is 11.9. The molecule has 0 aliphatic heterocycles. The first-order valence-corrected chi connectivity index (χ1v) is 12.4. The van der Waals surface area contributed by atoms with E-state index in [1.165, 1.54) is 121 Å². The second-order valence-electron chi connectivity index (χ2n) is 8.70. The summed E-state index contributed by atoms with van der Waals surface area (Å²) in [5.41, 5.74) is 1.69. The van der Waals surface area contributed by atoms with Crippen LogP contribution in [0.4, 0.5) is 22.7 Å². The lowest BCUT2D eigenvalue weighted by Crippen LogP contribution is -1.95. The number of nitrogens with zero attached hydrogens (tertiary/aromatic N) is 4. The van der Waals surface area contributed by atoms with E-state index in [-0.39, 0.29) is 34.3 Å². The molecule has 0 spiro atoms. The van der Waals surface area contributed by atoms with E-state index in [0.29, 0.717) is 22.3 Å². The number of rotatable bonds is 10. The van der Waals surface area contributed by atoms with Gasteiger partial charge >= 0.3 is 0 Å². The highest BCUT2D eigenvalue weighted by atomic mass is 16.6. The Balaban J connectivity index is 0.000000240. The Morgan fingerprint density at radius 1 is 0.409 bits per heavy atom. The van der Waals surface area contributed by atoms with Crippen molar-refractivity contribution >= 4 is 46.5 Å². The van der Waals surface area contributed by atoms with Gasteiger partial charge in [0, 0.05) is 59.7 Å². The molecule has 0 amide bonds. The summed E-state index contributed by atoms with van der Waals surface area (Å²) < 4.78 is 0. The SMILES string of the molecule is O=C(/C=C/c1ccc([N+](=O)[O-])cc1)c1ccc([N+](=O)[O-])cc1.O=C(/C=C/c1ccc([N+](=O)[O-])cc1)c1ccc([N+](=O)[O-])cc1. The third-order valence-corrected chi connectivity index (χ3v) is 5.79. The smallest absolute Gasteiger partial charge is 0.269 e. The molecule has 0 aromatic heterocycles. The van der Waals surface area contributed by atoms with Gasteiger partial charge in [-0.1, -0.05) is 12.2 Å². The molecule has 0 unspecified atom stereocenters. The molecule has 4 aromatic rings. The zero-order chi connectivity index (χ0) is 32.2. The Labute approximate surface area is 247 Å². The van der Waals surface area contributed by atoms with E-state index in [2.05, 4.69) is 0 Å². The van der Waals surface area contributed by atoms with Gasteiger partial charge in [-0.05, 0) is 71.8 Å². The van der Waals surface area contributed by atoms with Gasteiger partial charge in [-0.2, -0.15) is 0 Å². The van der Waals surface area contributed by atoms with Crippen LogP contribution in [-0.2, 0) is 0 Å². The lowest BCUT2D eigenvalue weighted by atomic mass is 10.1. The van der Waals surface area contributed by atoms with Crippen LogP contribution in [0.5, 0.6) is 0 Å². The molecular weight excluding hydrogens is 576 g/mol. The molecule has 14 heteroatoms. The van der Waals surface area contributed by atoms with Gasteiger partial charge in [-0.3, -0.25) is 50.0 Å². The third-order valence-electron chi connectivity index (χ3n) is 5.79. The molecule has 0 saturated carbocycles. The quantitative estimate of drug-likeness (QED) is 0.0809. The van der Waals surface area contributed by atoms with Gasteiger partial charge < -0.3 is 0 Å². The van der Waals surface area contributed by atoms with Gasteiger partial charge in [-0.25, -0.2) is 0 Å². The van der Waals surface area contributed by atoms with Crippen LogP contribution in [0.3, 0.4) is 0 Å². The van der Waals surface area contributed by atoms with E-state index in [1.807, 2.05) is 0 Å². The van der Waals surface area contributed by atoms with Gasteiger partial charge in [0.1, 0.15) is 0 Å². The molecule has 220 valence electrons. The number of allylic oxidation sites excluding steroid dienone is 2. The van der Waals surface area contributed by atoms with E-state index in [9.17, 15) is 50.0 Å². The topological polar surface area (TPSA) is 207 Å². The van der Waals surface area contributed by atoms with Crippen LogP contribution in [0.1, 0.15) is 31.8 Å². The number of benzene rings is 4. The van der Waals surface area contributed by atoms with Crippen LogP contribution in [-0.4, -0.2) is 31.3 Å². The van der Waals surface area contributed by atoms with Gasteiger partial charge in [0.2, 0.25) is 0 Å². The number of carbonyl (C=O) groups is 2. The molecule has 0 bridgehead atoms. The van der Waals surface area contributed by atoms with E-state index >= 15 is 0 Å². The average molecular weight is 597 g/mol. The first-order chi connectivity index (χ1) is 20.9. The van der Waals surface area contributed by atoms with Crippen molar-refractivity contribution in [1.29, 1.82) is 0 Å². The van der Waals surface area contributed by atoms with Crippen LogP contribution in [0.25, 0.3) is 12.2 Å². The molecular formula is C30H20N4O10. The summed E-state index contributed by atoms with van der Waals surface area (Å²) in [5.74, 6) is -0.624. The Kier molecular flexibility index (Phi) is 10.7. The number of nitro benzene ring substituents is 4. The summed E-state index contributed by atoms with van der Waals surface area (Å²) >= 11 is 0. The molecule has 0 fully saturated rings. The van der Waals surface area contributed by atoms with Gasteiger partial charge in [0.05, 0.1) is 19.7 Å². The largest absolute Gasteiger partial charge is 0.289 e. The molecule has 0 aliphatic rings. The van der Waals surface area contributed by atoms with Gasteiger partial charge in [0.25, 0.3) is 22.7 Å². The Morgan fingerprint density at radius 2 is 0.636 bits per heavy atom. The summed E-state index contributed by atoms with van der Waals surface area (Å²) in [5, 5.41) is 42.1. The van der Waals surface area contributed by atoms with Crippen molar-refractivity contribution in [3.05, 3.63) is 172 Å². The first kappa shape index (κ1) is 31.8. The van der Waals surface area contributed by atoms with Crippen molar-refractivity contribution in [1.82, 2.24) is 0 Å². The third kappa shape index (κ3) is 9.17. The van der Waals surface area contributed by atoms with Crippen molar-refractivity contribution < 1.29 is 29.3 Å². The highest BCUT2D eigenvalue weighted by Crippen LogP contribution is 2.17. The van der Waals surface area contributed by atoms with Crippen LogP contribution >= 0.6 is 0 Å². The van der Waals surface area contributed by atoms with Crippen LogP contribution in [0.2, 0.25) is 0 Å². The Bertz CT molecular complexity index is 1630. The maximum Gasteiger partial charge on any atom is 0.269 e. The van der Waals surface area contributed by atoms with Crippen LogP contribution in [0.15, 0.2) is 109 Å². The van der Waals surface area contributed by atoms with Crippen molar-refractivity contribution in [3.63, 3.8) is 0 Å². The summed E-state index contributed by atoms with van der Waals surface area (Å²) in [4.78, 5) is 63.8. The van der Waals surface area contributed by atoms with E-state index in [4.69, 9.17) is 0 Å². The number of hydrogen-bond donors (Lipinski definition) is 0. The minimum atomic E-state index is -0.541. The van der Waals surface area contributed by atoms with Crippen molar-refractivity contribution in [2.45, 2.75) is 0 Å². The lowest BCUT2D eigenvalue weighted by molar-refractivity contribution is -0.385. The predicted molar refractivity (Wildman–Crippen MR) is 159 cm³/mol. The van der Waals surface area contributed by atoms with Crippen molar-refractivity contribution in [2.24, 2.45) is 0 Å². The van der Waals surface area contributed by atoms with Gasteiger partial charge in [0.15, 0.2) is 11.6 Å². The van der Waals surface area contributed by atoms with E-state index < -0.39 is 19.7 Å². The van der Waals surface area contributed by atoms with E-state index in [1.54, 1.807) is 0 Å². The molecule has 44 heavy (non-hydrogen) atoms. The van der Waals surface area contributed by atoms with Crippen LogP contribution < -0.4 is 0 Å². The fourth-order valence-corrected chi connectivity index (χ4v) is 3.45. The zero-order valence-electron chi connectivity index (χ0n) is 22.4. The minimum Gasteiger partial charge on any atom is -0.289 e. The predicted octanol–water partition coefficient (Wildman–Crippen LogP) is 6.80. The Morgan fingerprint density at radius 3 is 0.864 bits per heavy atom. The number of ketones is 2. The number of hydrogen-bond acceptors (Lipinski definition) is 10. The van der Waals surface area contributed by atoms with Crippen molar-refractivity contribution in [2.75, 3.05) is 0 Å². The highest BCUT2D eigenvalue weighted by Gasteiger charge is 2.09. The fraction of sp³-hybridized carbons (Fsp3) is 0.